The molecule has 9 heteroatoms. The van der Waals surface area contributed by atoms with Crippen molar-refractivity contribution in [2.75, 3.05) is 40.0 Å². The third-order valence-electron chi connectivity index (χ3n) is 9.50. The van der Waals surface area contributed by atoms with Crippen molar-refractivity contribution in [3.8, 4) is 0 Å². The Labute approximate surface area is 267 Å². The standard InChI is InChI=1S/C36H52F2N2O5/c1-24(2)26(20-34(43-4)31-9-7-16-39-25(31)3)8-5-6-10-33(38)27-13-17-40(22-27)35(36(41)42)32-21-29(37)12-11-28(32)23-45-30-14-18-44-19-15-30/h11-12,20-21,27,30,33,35,39H,5-10,13-19,22-23H2,1-4H3,(H,41,42)/b34-20+. The molecule has 2 N–H and O–H groups in total. The molecule has 0 aliphatic carbocycles. The Hall–Kier alpha value is -2.75. The maximum Gasteiger partial charge on any atom is 0.325 e. The molecule has 3 unspecified atom stereocenters. The molecular formula is C36H52F2N2O5. The van der Waals surface area contributed by atoms with E-state index in [2.05, 4.69) is 32.2 Å². The number of carboxylic acid groups (broad SMARTS) is 1. The molecule has 3 atom stereocenters. The van der Waals surface area contributed by atoms with Gasteiger partial charge in [-0.1, -0.05) is 18.1 Å². The Morgan fingerprint density at radius 3 is 2.69 bits per heavy atom. The molecule has 1 aromatic rings. The van der Waals surface area contributed by atoms with Gasteiger partial charge in [0.25, 0.3) is 0 Å². The fourth-order valence-electron chi connectivity index (χ4n) is 6.76. The Kier molecular flexibility index (Phi) is 13.5. The van der Waals surface area contributed by atoms with Crippen molar-refractivity contribution < 1.29 is 32.9 Å². The van der Waals surface area contributed by atoms with Gasteiger partial charge in [0.2, 0.25) is 0 Å². The molecule has 3 heterocycles. The van der Waals surface area contributed by atoms with E-state index in [-0.39, 0.29) is 18.6 Å². The van der Waals surface area contributed by atoms with Crippen LogP contribution < -0.4 is 5.32 Å². The quantitative estimate of drug-likeness (QED) is 0.119. The average molecular weight is 631 g/mol. The molecule has 7 nitrogen and oxygen atoms in total. The molecule has 250 valence electrons. The van der Waals surface area contributed by atoms with Crippen LogP contribution in [0.2, 0.25) is 0 Å². The summed E-state index contributed by atoms with van der Waals surface area (Å²) in [5.74, 6) is -0.902. The number of nitrogens with one attached hydrogen (secondary N) is 1. The van der Waals surface area contributed by atoms with Crippen molar-refractivity contribution in [3.63, 3.8) is 0 Å². The molecule has 45 heavy (non-hydrogen) atoms. The number of methoxy groups -OCH3 is 1. The summed E-state index contributed by atoms with van der Waals surface area (Å²) in [5, 5.41) is 13.7. The fraction of sp³-hybridized carbons (Fsp3) is 0.639. The zero-order chi connectivity index (χ0) is 32.3. The van der Waals surface area contributed by atoms with Crippen LogP contribution >= 0.6 is 0 Å². The molecule has 0 aromatic heterocycles. The van der Waals surface area contributed by atoms with E-state index in [1.807, 2.05) is 0 Å². The summed E-state index contributed by atoms with van der Waals surface area (Å²) in [6, 6.07) is 3.20. The highest BCUT2D eigenvalue weighted by Crippen LogP contribution is 2.34. The second-order valence-electron chi connectivity index (χ2n) is 12.9. The van der Waals surface area contributed by atoms with Crippen LogP contribution in [-0.2, 0) is 25.6 Å². The van der Waals surface area contributed by atoms with Crippen LogP contribution in [0.1, 0.15) is 95.7 Å². The number of rotatable bonds is 15. The highest BCUT2D eigenvalue weighted by molar-refractivity contribution is 5.76. The first kappa shape index (κ1) is 35.1. The van der Waals surface area contributed by atoms with Gasteiger partial charge in [-0.25, -0.2) is 8.78 Å². The number of aliphatic carboxylic acids is 1. The van der Waals surface area contributed by atoms with Crippen LogP contribution in [0.15, 0.2) is 52.5 Å². The Morgan fingerprint density at radius 2 is 2.00 bits per heavy atom. The Balaban J connectivity index is 1.32. The fourth-order valence-corrected chi connectivity index (χ4v) is 6.76. The third kappa shape index (κ3) is 9.87. The van der Waals surface area contributed by atoms with Gasteiger partial charge in [-0.15, -0.1) is 0 Å². The van der Waals surface area contributed by atoms with Gasteiger partial charge in [-0.05, 0) is 114 Å². The summed E-state index contributed by atoms with van der Waals surface area (Å²) in [6.07, 6.45) is 8.25. The number of allylic oxidation sites excluding steroid dienone is 5. The number of benzene rings is 1. The molecule has 3 aliphatic rings. The average Bonchev–Trinajstić information content (AvgIpc) is 3.51. The van der Waals surface area contributed by atoms with Crippen LogP contribution in [0, 0.1) is 11.7 Å². The van der Waals surface area contributed by atoms with Crippen molar-refractivity contribution in [3.05, 3.63) is 69.4 Å². The van der Waals surface area contributed by atoms with Crippen molar-refractivity contribution in [1.29, 1.82) is 0 Å². The van der Waals surface area contributed by atoms with Gasteiger partial charge < -0.3 is 24.6 Å². The SMILES string of the molecule is CO/C(=C/C(CCCCC(F)C1CCN(C(C(=O)O)c2cc(F)ccc2COC2CCOCC2)C1)=C(C)C)C1=C(C)NCCC1. The van der Waals surface area contributed by atoms with Gasteiger partial charge in [0.1, 0.15) is 23.8 Å². The monoisotopic (exact) mass is 630 g/mol. The number of hydrogen-bond acceptors (Lipinski definition) is 6. The first-order valence-electron chi connectivity index (χ1n) is 16.6. The molecule has 1 aromatic carbocycles. The van der Waals surface area contributed by atoms with E-state index in [9.17, 15) is 14.3 Å². The molecule has 0 amide bonds. The zero-order valence-electron chi connectivity index (χ0n) is 27.5. The maximum atomic E-state index is 15.5. The molecule has 2 saturated heterocycles. The van der Waals surface area contributed by atoms with Gasteiger partial charge in [-0.3, -0.25) is 9.69 Å². The van der Waals surface area contributed by atoms with E-state index >= 15 is 4.39 Å². The topological polar surface area (TPSA) is 80.3 Å². The van der Waals surface area contributed by atoms with E-state index in [1.54, 1.807) is 18.1 Å². The number of likely N-dealkylation sites (tertiary alicyclic amines) is 1. The predicted octanol–water partition coefficient (Wildman–Crippen LogP) is 7.39. The van der Waals surface area contributed by atoms with Gasteiger partial charge in [-0.2, -0.15) is 0 Å². The summed E-state index contributed by atoms with van der Waals surface area (Å²) in [6.45, 7) is 9.54. The van der Waals surface area contributed by atoms with Gasteiger partial charge >= 0.3 is 5.97 Å². The zero-order valence-corrected chi connectivity index (χ0v) is 27.5. The lowest BCUT2D eigenvalue weighted by Crippen LogP contribution is -2.34. The number of alkyl halides is 1. The second kappa shape index (κ2) is 17.2. The number of hydrogen-bond donors (Lipinski definition) is 2. The minimum Gasteiger partial charge on any atom is -0.496 e. The Bertz CT molecular complexity index is 1240. The smallest absolute Gasteiger partial charge is 0.325 e. The third-order valence-corrected chi connectivity index (χ3v) is 9.50. The van der Waals surface area contributed by atoms with Gasteiger partial charge in [0, 0.05) is 43.5 Å². The summed E-state index contributed by atoms with van der Waals surface area (Å²) in [5.41, 5.74) is 5.87. The number of nitrogens with zero attached hydrogens (tertiary/aromatic N) is 1. The van der Waals surface area contributed by atoms with Crippen LogP contribution in [0.4, 0.5) is 8.78 Å². The van der Waals surface area contributed by atoms with Crippen molar-refractivity contribution in [1.82, 2.24) is 10.2 Å². The normalized spacial score (nSPS) is 21.4. The second-order valence-corrected chi connectivity index (χ2v) is 12.9. The predicted molar refractivity (Wildman–Crippen MR) is 172 cm³/mol. The van der Waals surface area contributed by atoms with Gasteiger partial charge in [0.15, 0.2) is 0 Å². The number of ether oxygens (including phenoxy) is 3. The molecule has 3 aliphatic heterocycles. The van der Waals surface area contributed by atoms with E-state index in [4.69, 9.17) is 14.2 Å². The summed E-state index contributed by atoms with van der Waals surface area (Å²) >= 11 is 0. The van der Waals surface area contributed by atoms with Crippen LogP contribution in [0.5, 0.6) is 0 Å². The van der Waals surface area contributed by atoms with E-state index < -0.39 is 24.0 Å². The lowest BCUT2D eigenvalue weighted by molar-refractivity contribution is -0.143. The lowest BCUT2D eigenvalue weighted by atomic mass is 9.95. The van der Waals surface area contributed by atoms with Crippen molar-refractivity contribution in [2.45, 2.75) is 103 Å². The number of carboxylic acids is 1. The molecule has 4 rings (SSSR count). The van der Waals surface area contributed by atoms with Crippen LogP contribution in [0.3, 0.4) is 0 Å². The molecular weight excluding hydrogens is 578 g/mol. The molecule has 0 spiro atoms. The molecule has 0 bridgehead atoms. The largest absolute Gasteiger partial charge is 0.496 e. The highest BCUT2D eigenvalue weighted by atomic mass is 19.1. The van der Waals surface area contributed by atoms with E-state index in [0.717, 1.165) is 62.9 Å². The Morgan fingerprint density at radius 1 is 1.22 bits per heavy atom. The van der Waals surface area contributed by atoms with Crippen LogP contribution in [-0.4, -0.2) is 68.2 Å². The molecule has 2 fully saturated rings. The van der Waals surface area contributed by atoms with Gasteiger partial charge in [0.05, 0.1) is 19.8 Å². The van der Waals surface area contributed by atoms with E-state index in [1.165, 1.54) is 28.9 Å². The minimum atomic E-state index is -1.06. The number of carbonyl (C=O) groups is 1. The van der Waals surface area contributed by atoms with Crippen LogP contribution in [0.25, 0.3) is 0 Å². The highest BCUT2D eigenvalue weighted by Gasteiger charge is 2.38. The summed E-state index contributed by atoms with van der Waals surface area (Å²) in [7, 11) is 1.72. The first-order valence-corrected chi connectivity index (χ1v) is 16.6. The summed E-state index contributed by atoms with van der Waals surface area (Å²) < 4.78 is 47.2. The number of halogens is 2. The summed E-state index contributed by atoms with van der Waals surface area (Å²) in [4.78, 5) is 14.3. The lowest BCUT2D eigenvalue weighted by Gasteiger charge is -2.28. The molecule has 0 radical (unpaired) electrons. The van der Waals surface area contributed by atoms with Crippen molar-refractivity contribution >= 4 is 5.97 Å². The first-order chi connectivity index (χ1) is 21.7. The van der Waals surface area contributed by atoms with Crippen molar-refractivity contribution in [2.24, 2.45) is 5.92 Å². The van der Waals surface area contributed by atoms with E-state index in [0.29, 0.717) is 50.3 Å². The molecule has 0 saturated carbocycles. The maximum absolute atomic E-state index is 15.5. The number of unbranched alkanes of at least 4 members (excludes halogenated alkanes) is 1. The minimum absolute atomic E-state index is 0.0324.